The molecule has 112 valence electrons. The predicted molar refractivity (Wildman–Crippen MR) is 78.0 cm³/mol. The van der Waals surface area contributed by atoms with Crippen molar-refractivity contribution in [2.24, 2.45) is 0 Å². The maximum atomic E-state index is 13.3. The Hall–Kier alpha value is -0.840. The fourth-order valence-electron chi connectivity index (χ4n) is 2.25. The van der Waals surface area contributed by atoms with Crippen LogP contribution in [-0.2, 0) is 4.74 Å². The van der Waals surface area contributed by atoms with Crippen LogP contribution in [0.4, 0.5) is 4.39 Å². The number of nitrogens with one attached hydrogen (secondary N) is 1. The van der Waals surface area contributed by atoms with Gasteiger partial charge in [0.1, 0.15) is 18.2 Å². The van der Waals surface area contributed by atoms with E-state index in [0.29, 0.717) is 12.4 Å². The average Bonchev–Trinajstić information content (AvgIpc) is 2.88. The zero-order valence-corrected chi connectivity index (χ0v) is 12.5. The van der Waals surface area contributed by atoms with Crippen molar-refractivity contribution in [1.82, 2.24) is 5.32 Å². The highest BCUT2D eigenvalue weighted by Gasteiger charge is 2.25. The molecule has 1 aromatic rings. The molecule has 0 amide bonds. The summed E-state index contributed by atoms with van der Waals surface area (Å²) in [5.74, 6) is 0.0289. The van der Waals surface area contributed by atoms with E-state index in [1.54, 1.807) is 6.07 Å². The molecule has 2 atom stereocenters. The summed E-state index contributed by atoms with van der Waals surface area (Å²) in [5.41, 5.74) is 0. The third-order valence-corrected chi connectivity index (χ3v) is 3.63. The molecule has 0 aliphatic carbocycles. The molecule has 2 unspecified atom stereocenters. The van der Waals surface area contributed by atoms with Gasteiger partial charge in [-0.05, 0) is 37.9 Å². The van der Waals surface area contributed by atoms with Crippen molar-refractivity contribution in [1.29, 1.82) is 0 Å². The molecule has 5 heteroatoms. The molecule has 0 spiro atoms. The van der Waals surface area contributed by atoms with E-state index in [1.807, 2.05) is 0 Å². The Bertz CT molecular complexity index is 430. The maximum absolute atomic E-state index is 13.3. The highest BCUT2D eigenvalue weighted by Crippen LogP contribution is 2.23. The third kappa shape index (κ3) is 4.62. The summed E-state index contributed by atoms with van der Waals surface area (Å²) in [5, 5.41) is 3.46. The lowest BCUT2D eigenvalue weighted by atomic mass is 10.2. The molecule has 1 heterocycles. The minimum atomic E-state index is -0.460. The van der Waals surface area contributed by atoms with E-state index in [9.17, 15) is 4.39 Å². The van der Waals surface area contributed by atoms with Crippen molar-refractivity contribution < 1.29 is 13.9 Å². The molecule has 2 rings (SSSR count). The number of hydrogen-bond acceptors (Lipinski definition) is 3. The van der Waals surface area contributed by atoms with Crippen molar-refractivity contribution in [3.05, 3.63) is 29.0 Å². The van der Waals surface area contributed by atoms with Gasteiger partial charge in [0.2, 0.25) is 0 Å². The first-order chi connectivity index (χ1) is 9.69. The molecular weight excluding hydrogens is 281 g/mol. The van der Waals surface area contributed by atoms with Gasteiger partial charge in [0.15, 0.2) is 0 Å². The van der Waals surface area contributed by atoms with E-state index >= 15 is 0 Å². The summed E-state index contributed by atoms with van der Waals surface area (Å²) >= 11 is 5.63. The minimum Gasteiger partial charge on any atom is -0.491 e. The summed E-state index contributed by atoms with van der Waals surface area (Å²) in [4.78, 5) is 0. The van der Waals surface area contributed by atoms with Crippen molar-refractivity contribution in [2.75, 3.05) is 19.7 Å². The van der Waals surface area contributed by atoms with Gasteiger partial charge in [-0.1, -0.05) is 18.5 Å². The SMILES string of the molecule is CCCNCC1CCC(COc2ccc(Cl)c(F)c2)O1. The first-order valence-electron chi connectivity index (χ1n) is 7.13. The lowest BCUT2D eigenvalue weighted by molar-refractivity contribution is 0.0186. The normalized spacial score (nSPS) is 22.1. The summed E-state index contributed by atoms with van der Waals surface area (Å²) < 4.78 is 24.7. The van der Waals surface area contributed by atoms with Gasteiger partial charge in [-0.25, -0.2) is 4.39 Å². The van der Waals surface area contributed by atoms with Crippen LogP contribution in [0.1, 0.15) is 26.2 Å². The largest absolute Gasteiger partial charge is 0.491 e. The van der Waals surface area contributed by atoms with Gasteiger partial charge in [0.25, 0.3) is 0 Å². The number of rotatable bonds is 7. The molecule has 0 radical (unpaired) electrons. The van der Waals surface area contributed by atoms with Gasteiger partial charge in [-0.15, -0.1) is 0 Å². The van der Waals surface area contributed by atoms with E-state index in [0.717, 1.165) is 32.4 Å². The highest BCUT2D eigenvalue weighted by atomic mass is 35.5. The number of halogens is 2. The fraction of sp³-hybridized carbons (Fsp3) is 0.600. The van der Waals surface area contributed by atoms with Crippen LogP contribution in [-0.4, -0.2) is 31.9 Å². The smallest absolute Gasteiger partial charge is 0.145 e. The molecular formula is C15H21ClFNO2. The first-order valence-corrected chi connectivity index (χ1v) is 7.51. The number of ether oxygens (including phenoxy) is 2. The van der Waals surface area contributed by atoms with Crippen LogP contribution >= 0.6 is 11.6 Å². The monoisotopic (exact) mass is 301 g/mol. The molecule has 1 aromatic carbocycles. The van der Waals surface area contributed by atoms with Crippen molar-refractivity contribution in [3.8, 4) is 5.75 Å². The van der Waals surface area contributed by atoms with Crippen LogP contribution in [0.25, 0.3) is 0 Å². The molecule has 1 fully saturated rings. The van der Waals surface area contributed by atoms with Gasteiger partial charge >= 0.3 is 0 Å². The Labute approximate surface area is 124 Å². The Kier molecular flexibility index (Phi) is 6.07. The molecule has 0 aromatic heterocycles. The standard InChI is InChI=1S/C15H21ClFNO2/c1-2-7-18-9-12-3-4-13(20-12)10-19-11-5-6-14(16)15(17)8-11/h5-6,8,12-13,18H,2-4,7,9-10H2,1H3. The third-order valence-electron chi connectivity index (χ3n) is 3.32. The van der Waals surface area contributed by atoms with E-state index in [1.165, 1.54) is 12.1 Å². The topological polar surface area (TPSA) is 30.5 Å². The van der Waals surface area contributed by atoms with Crippen molar-refractivity contribution in [2.45, 2.75) is 38.4 Å². The van der Waals surface area contributed by atoms with E-state index in [4.69, 9.17) is 21.1 Å². The maximum Gasteiger partial charge on any atom is 0.145 e. The minimum absolute atomic E-state index is 0.0853. The summed E-state index contributed by atoms with van der Waals surface area (Å²) in [6.07, 6.45) is 3.50. The second kappa shape index (κ2) is 7.81. The van der Waals surface area contributed by atoms with Gasteiger partial charge in [0.05, 0.1) is 17.2 Å². The van der Waals surface area contributed by atoms with Gasteiger partial charge < -0.3 is 14.8 Å². The molecule has 0 saturated carbocycles. The predicted octanol–water partition coefficient (Wildman–Crippen LogP) is 3.41. The Morgan fingerprint density at radius 1 is 1.40 bits per heavy atom. The molecule has 3 nitrogen and oxygen atoms in total. The van der Waals surface area contributed by atoms with Crippen LogP contribution in [0, 0.1) is 5.82 Å². The van der Waals surface area contributed by atoms with Crippen LogP contribution in [0.2, 0.25) is 5.02 Å². The lowest BCUT2D eigenvalue weighted by Gasteiger charge is -2.15. The molecule has 1 aliphatic heterocycles. The highest BCUT2D eigenvalue weighted by molar-refractivity contribution is 6.30. The first kappa shape index (κ1) is 15.5. The van der Waals surface area contributed by atoms with E-state index in [-0.39, 0.29) is 17.2 Å². The van der Waals surface area contributed by atoms with Crippen LogP contribution in [0.3, 0.4) is 0 Å². The number of hydrogen-bond donors (Lipinski definition) is 1. The Morgan fingerprint density at radius 2 is 2.20 bits per heavy atom. The van der Waals surface area contributed by atoms with Gasteiger partial charge in [0, 0.05) is 12.6 Å². The molecule has 1 N–H and O–H groups in total. The van der Waals surface area contributed by atoms with Crippen LogP contribution in [0.5, 0.6) is 5.75 Å². The van der Waals surface area contributed by atoms with Gasteiger partial charge in [-0.2, -0.15) is 0 Å². The lowest BCUT2D eigenvalue weighted by Crippen LogP contribution is -2.28. The zero-order valence-electron chi connectivity index (χ0n) is 11.7. The summed E-state index contributed by atoms with van der Waals surface area (Å²) in [6.45, 7) is 4.50. The number of benzene rings is 1. The molecule has 0 bridgehead atoms. The quantitative estimate of drug-likeness (QED) is 0.783. The van der Waals surface area contributed by atoms with Gasteiger partial charge in [-0.3, -0.25) is 0 Å². The van der Waals surface area contributed by atoms with E-state index < -0.39 is 5.82 Å². The molecule has 1 saturated heterocycles. The molecule has 20 heavy (non-hydrogen) atoms. The zero-order chi connectivity index (χ0) is 14.4. The van der Waals surface area contributed by atoms with Crippen molar-refractivity contribution in [3.63, 3.8) is 0 Å². The van der Waals surface area contributed by atoms with Crippen LogP contribution in [0.15, 0.2) is 18.2 Å². The summed E-state index contributed by atoms with van der Waals surface area (Å²) in [6, 6.07) is 4.47. The van der Waals surface area contributed by atoms with Crippen molar-refractivity contribution >= 4 is 11.6 Å². The molecule has 1 aliphatic rings. The average molecular weight is 302 g/mol. The Balaban J connectivity index is 1.71. The Morgan fingerprint density at radius 3 is 2.95 bits per heavy atom. The summed E-state index contributed by atoms with van der Waals surface area (Å²) in [7, 11) is 0. The fourth-order valence-corrected chi connectivity index (χ4v) is 2.37. The second-order valence-corrected chi connectivity index (χ2v) is 5.46. The van der Waals surface area contributed by atoms with E-state index in [2.05, 4.69) is 12.2 Å². The second-order valence-electron chi connectivity index (χ2n) is 5.05. The van der Waals surface area contributed by atoms with Crippen LogP contribution < -0.4 is 10.1 Å².